The highest BCUT2D eigenvalue weighted by Crippen LogP contribution is 2.29. The molecule has 1 aromatic rings. The fourth-order valence-electron chi connectivity index (χ4n) is 2.88. The summed E-state index contributed by atoms with van der Waals surface area (Å²) in [6, 6.07) is 6.03. The van der Waals surface area contributed by atoms with Gasteiger partial charge in [-0.15, -0.1) is 0 Å². The van der Waals surface area contributed by atoms with Crippen LogP contribution in [0.25, 0.3) is 0 Å². The summed E-state index contributed by atoms with van der Waals surface area (Å²) in [4.78, 5) is 11.1. The van der Waals surface area contributed by atoms with Gasteiger partial charge >= 0.3 is 0 Å². The number of hydrogen-bond acceptors (Lipinski definition) is 2. The van der Waals surface area contributed by atoms with E-state index in [1.165, 1.54) is 38.2 Å². The molecule has 0 radical (unpaired) electrons. The molecule has 0 heterocycles. The van der Waals surface area contributed by atoms with Crippen molar-refractivity contribution in [3.8, 4) is 0 Å². The third kappa shape index (κ3) is 4.26. The van der Waals surface area contributed by atoms with Crippen molar-refractivity contribution in [1.82, 2.24) is 0 Å². The van der Waals surface area contributed by atoms with E-state index in [0.29, 0.717) is 0 Å². The molecule has 0 aromatic heterocycles. The average Bonchev–Trinajstić information content (AvgIpc) is 2.40. The van der Waals surface area contributed by atoms with Crippen molar-refractivity contribution in [1.29, 1.82) is 0 Å². The first kappa shape index (κ1) is 14.9. The van der Waals surface area contributed by atoms with Crippen molar-refractivity contribution < 1.29 is 4.79 Å². The molecule has 1 aromatic carbocycles. The Labute approximate surface area is 122 Å². The van der Waals surface area contributed by atoms with Crippen LogP contribution < -0.4 is 10.6 Å². The van der Waals surface area contributed by atoms with Gasteiger partial charge in [0, 0.05) is 24.8 Å². The lowest BCUT2D eigenvalue weighted by molar-refractivity contribution is -0.114. The Bertz CT molecular complexity index is 462. The SMILES string of the molecule is CC(=O)Nc1ccc(C)c(NCC2CCC(C)CC2)c1. The highest BCUT2D eigenvalue weighted by molar-refractivity contribution is 5.89. The van der Waals surface area contributed by atoms with Crippen LogP contribution in [0.4, 0.5) is 11.4 Å². The second kappa shape index (κ2) is 6.78. The number of aryl methyl sites for hydroxylation is 1. The lowest BCUT2D eigenvalue weighted by Gasteiger charge is -2.27. The van der Waals surface area contributed by atoms with Gasteiger partial charge in [0.25, 0.3) is 0 Å². The number of benzene rings is 1. The normalized spacial score (nSPS) is 22.4. The molecular formula is C17H26N2O. The van der Waals surface area contributed by atoms with Crippen molar-refractivity contribution in [3.05, 3.63) is 23.8 Å². The minimum absolute atomic E-state index is 0.0268. The number of amides is 1. The first-order valence-corrected chi connectivity index (χ1v) is 7.66. The summed E-state index contributed by atoms with van der Waals surface area (Å²) in [5.41, 5.74) is 3.22. The van der Waals surface area contributed by atoms with Crippen LogP contribution in [0.15, 0.2) is 18.2 Å². The van der Waals surface area contributed by atoms with E-state index in [-0.39, 0.29) is 5.91 Å². The smallest absolute Gasteiger partial charge is 0.221 e. The van der Waals surface area contributed by atoms with Crippen LogP contribution in [0.3, 0.4) is 0 Å². The van der Waals surface area contributed by atoms with Crippen LogP contribution in [0.2, 0.25) is 0 Å². The van der Waals surface area contributed by atoms with E-state index in [0.717, 1.165) is 29.8 Å². The van der Waals surface area contributed by atoms with E-state index in [2.05, 4.69) is 30.5 Å². The molecule has 3 heteroatoms. The Balaban J connectivity index is 1.92. The summed E-state index contributed by atoms with van der Waals surface area (Å²) >= 11 is 0. The summed E-state index contributed by atoms with van der Waals surface area (Å²) in [7, 11) is 0. The van der Waals surface area contributed by atoms with Crippen molar-refractivity contribution in [2.24, 2.45) is 11.8 Å². The number of anilines is 2. The molecule has 1 fully saturated rings. The lowest BCUT2D eigenvalue weighted by atomic mass is 9.83. The van der Waals surface area contributed by atoms with Gasteiger partial charge in [-0.05, 0) is 49.3 Å². The first-order chi connectivity index (χ1) is 9.54. The van der Waals surface area contributed by atoms with E-state index >= 15 is 0 Å². The zero-order valence-electron chi connectivity index (χ0n) is 12.8. The molecule has 0 atom stereocenters. The molecule has 1 amide bonds. The van der Waals surface area contributed by atoms with Gasteiger partial charge in [-0.3, -0.25) is 4.79 Å². The molecule has 1 saturated carbocycles. The molecule has 2 rings (SSSR count). The molecule has 2 N–H and O–H groups in total. The molecule has 0 aliphatic heterocycles. The monoisotopic (exact) mass is 274 g/mol. The third-order valence-corrected chi connectivity index (χ3v) is 4.27. The largest absolute Gasteiger partial charge is 0.384 e. The lowest BCUT2D eigenvalue weighted by Crippen LogP contribution is -2.20. The number of rotatable bonds is 4. The molecule has 110 valence electrons. The maximum Gasteiger partial charge on any atom is 0.221 e. The summed E-state index contributed by atoms with van der Waals surface area (Å²) < 4.78 is 0. The molecule has 1 aliphatic carbocycles. The van der Waals surface area contributed by atoms with Gasteiger partial charge in [0.2, 0.25) is 5.91 Å². The minimum Gasteiger partial charge on any atom is -0.384 e. The second-order valence-electron chi connectivity index (χ2n) is 6.22. The molecule has 0 unspecified atom stereocenters. The predicted octanol–water partition coefficient (Wildman–Crippen LogP) is 4.19. The Hall–Kier alpha value is -1.51. The highest BCUT2D eigenvalue weighted by atomic mass is 16.1. The predicted molar refractivity (Wildman–Crippen MR) is 85.1 cm³/mol. The van der Waals surface area contributed by atoms with E-state index in [4.69, 9.17) is 0 Å². The fraction of sp³-hybridized carbons (Fsp3) is 0.588. The van der Waals surface area contributed by atoms with Gasteiger partial charge in [-0.2, -0.15) is 0 Å². The first-order valence-electron chi connectivity index (χ1n) is 7.66. The maximum absolute atomic E-state index is 11.1. The summed E-state index contributed by atoms with van der Waals surface area (Å²) in [5, 5.41) is 6.40. The molecule has 3 nitrogen and oxygen atoms in total. The Morgan fingerprint density at radius 3 is 2.60 bits per heavy atom. The van der Waals surface area contributed by atoms with Crippen LogP contribution in [-0.4, -0.2) is 12.5 Å². The minimum atomic E-state index is -0.0268. The molecule has 0 saturated heterocycles. The van der Waals surface area contributed by atoms with Crippen LogP contribution in [0.5, 0.6) is 0 Å². The summed E-state index contributed by atoms with van der Waals surface area (Å²) in [5.74, 6) is 1.66. The molecule has 1 aliphatic rings. The van der Waals surface area contributed by atoms with Gasteiger partial charge in [0.1, 0.15) is 0 Å². The number of hydrogen-bond donors (Lipinski definition) is 2. The number of carbonyl (C=O) groups is 1. The summed E-state index contributed by atoms with van der Waals surface area (Å²) in [6.45, 7) is 7.03. The van der Waals surface area contributed by atoms with Gasteiger partial charge in [0.15, 0.2) is 0 Å². The van der Waals surface area contributed by atoms with Crippen molar-refractivity contribution in [2.45, 2.75) is 46.5 Å². The van der Waals surface area contributed by atoms with E-state index in [1.807, 2.05) is 12.1 Å². The molecule has 0 bridgehead atoms. The second-order valence-corrected chi connectivity index (χ2v) is 6.22. The molecular weight excluding hydrogens is 248 g/mol. The van der Waals surface area contributed by atoms with E-state index in [1.54, 1.807) is 0 Å². The average molecular weight is 274 g/mol. The van der Waals surface area contributed by atoms with Crippen LogP contribution in [-0.2, 0) is 4.79 Å². The van der Waals surface area contributed by atoms with Gasteiger partial charge in [0.05, 0.1) is 0 Å². The maximum atomic E-state index is 11.1. The zero-order chi connectivity index (χ0) is 14.5. The zero-order valence-corrected chi connectivity index (χ0v) is 12.8. The molecule has 0 spiro atoms. The van der Waals surface area contributed by atoms with Crippen LogP contribution in [0, 0.1) is 18.8 Å². The van der Waals surface area contributed by atoms with Crippen molar-refractivity contribution in [3.63, 3.8) is 0 Å². The van der Waals surface area contributed by atoms with E-state index in [9.17, 15) is 4.79 Å². The van der Waals surface area contributed by atoms with Gasteiger partial charge in [-0.25, -0.2) is 0 Å². The quantitative estimate of drug-likeness (QED) is 0.864. The third-order valence-electron chi connectivity index (χ3n) is 4.27. The van der Waals surface area contributed by atoms with Gasteiger partial charge < -0.3 is 10.6 Å². The fourth-order valence-corrected chi connectivity index (χ4v) is 2.88. The number of nitrogens with one attached hydrogen (secondary N) is 2. The van der Waals surface area contributed by atoms with Crippen LogP contribution >= 0.6 is 0 Å². The topological polar surface area (TPSA) is 41.1 Å². The Morgan fingerprint density at radius 2 is 1.95 bits per heavy atom. The Kier molecular flexibility index (Phi) is 5.05. The molecule has 20 heavy (non-hydrogen) atoms. The summed E-state index contributed by atoms with van der Waals surface area (Å²) in [6.07, 6.45) is 5.38. The van der Waals surface area contributed by atoms with Crippen molar-refractivity contribution >= 4 is 17.3 Å². The van der Waals surface area contributed by atoms with Gasteiger partial charge in [-0.1, -0.05) is 25.8 Å². The Morgan fingerprint density at radius 1 is 1.25 bits per heavy atom. The van der Waals surface area contributed by atoms with Crippen LogP contribution in [0.1, 0.15) is 45.1 Å². The number of carbonyl (C=O) groups excluding carboxylic acids is 1. The van der Waals surface area contributed by atoms with Crippen molar-refractivity contribution in [2.75, 3.05) is 17.2 Å². The van der Waals surface area contributed by atoms with E-state index < -0.39 is 0 Å². The highest BCUT2D eigenvalue weighted by Gasteiger charge is 2.18. The standard InChI is InChI=1S/C17H26N2O/c1-12-4-7-15(8-5-12)11-18-17-10-16(19-14(3)20)9-6-13(17)2/h6,9-10,12,15,18H,4-5,7-8,11H2,1-3H3,(H,19,20).